The zero-order valence-corrected chi connectivity index (χ0v) is 18.0. The Hall–Kier alpha value is -2.37. The highest BCUT2D eigenvalue weighted by atomic mass is 16.5. The van der Waals surface area contributed by atoms with Gasteiger partial charge in [0, 0.05) is 25.2 Å². The van der Waals surface area contributed by atoms with Crippen molar-refractivity contribution in [3.05, 3.63) is 35.4 Å². The van der Waals surface area contributed by atoms with Crippen LogP contribution in [-0.2, 0) is 19.7 Å². The number of carbonyl (C=O) groups excluding carboxylic acids is 3. The number of nitrogens with one attached hydrogen (secondary N) is 1. The van der Waals surface area contributed by atoms with Gasteiger partial charge in [-0.2, -0.15) is 0 Å². The van der Waals surface area contributed by atoms with E-state index in [-0.39, 0.29) is 36.8 Å². The molecule has 1 aliphatic heterocycles. The Morgan fingerprint density at radius 2 is 1.55 bits per heavy atom. The molecular formula is C23H34N2O4. The molecule has 1 N–H and O–H groups in total. The maximum absolute atomic E-state index is 12.2. The normalized spacial score (nSPS) is 15.2. The molecule has 1 aromatic carbocycles. The van der Waals surface area contributed by atoms with Crippen LogP contribution in [0, 0.1) is 0 Å². The summed E-state index contributed by atoms with van der Waals surface area (Å²) in [7, 11) is 0. The van der Waals surface area contributed by atoms with Crippen molar-refractivity contribution in [3.63, 3.8) is 0 Å². The lowest BCUT2D eigenvalue weighted by Gasteiger charge is -2.24. The van der Waals surface area contributed by atoms with E-state index in [1.165, 1.54) is 6.42 Å². The van der Waals surface area contributed by atoms with E-state index >= 15 is 0 Å². The molecule has 2 amide bonds. The summed E-state index contributed by atoms with van der Waals surface area (Å²) in [6.07, 6.45) is 5.55. The second-order valence-corrected chi connectivity index (χ2v) is 8.64. The van der Waals surface area contributed by atoms with Crippen LogP contribution in [0.5, 0.6) is 0 Å². The minimum Gasteiger partial charge on any atom is -0.456 e. The molecule has 1 aromatic rings. The van der Waals surface area contributed by atoms with E-state index in [9.17, 15) is 14.4 Å². The molecule has 29 heavy (non-hydrogen) atoms. The van der Waals surface area contributed by atoms with Gasteiger partial charge in [0.05, 0.1) is 6.42 Å². The monoisotopic (exact) mass is 402 g/mol. The summed E-state index contributed by atoms with van der Waals surface area (Å²) in [5, 5.41) is 2.72. The number of amides is 2. The molecule has 0 aliphatic carbocycles. The molecule has 0 aromatic heterocycles. The lowest BCUT2D eigenvalue weighted by molar-refractivity contribution is -0.152. The third kappa shape index (κ3) is 7.87. The second-order valence-electron chi connectivity index (χ2n) is 8.64. The van der Waals surface area contributed by atoms with Gasteiger partial charge in [-0.3, -0.25) is 14.4 Å². The van der Waals surface area contributed by atoms with Crippen LogP contribution in [0.4, 0.5) is 0 Å². The number of benzene rings is 1. The van der Waals surface area contributed by atoms with Crippen molar-refractivity contribution in [1.29, 1.82) is 0 Å². The molecule has 160 valence electrons. The molecule has 6 heteroatoms. The maximum atomic E-state index is 12.2. The van der Waals surface area contributed by atoms with E-state index in [0.717, 1.165) is 44.3 Å². The number of esters is 1. The molecule has 0 bridgehead atoms. The molecule has 0 radical (unpaired) electrons. The fourth-order valence-electron chi connectivity index (χ4n) is 3.30. The van der Waals surface area contributed by atoms with E-state index in [1.807, 2.05) is 12.1 Å². The fourth-order valence-corrected chi connectivity index (χ4v) is 3.30. The fraction of sp³-hybridized carbons (Fsp3) is 0.609. The van der Waals surface area contributed by atoms with Gasteiger partial charge in [0.25, 0.3) is 11.8 Å². The van der Waals surface area contributed by atoms with Crippen LogP contribution >= 0.6 is 0 Å². The lowest BCUT2D eigenvalue weighted by Crippen LogP contribution is -2.37. The molecule has 6 nitrogen and oxygen atoms in total. The molecule has 1 fully saturated rings. The van der Waals surface area contributed by atoms with Crippen molar-refractivity contribution < 1.29 is 19.1 Å². The highest BCUT2D eigenvalue weighted by molar-refractivity contribution is 5.94. The zero-order chi connectivity index (χ0) is 21.3. The Balaban J connectivity index is 1.68. The highest BCUT2D eigenvalue weighted by Crippen LogP contribution is 2.22. The van der Waals surface area contributed by atoms with Gasteiger partial charge in [-0.25, -0.2) is 0 Å². The van der Waals surface area contributed by atoms with Crippen LogP contribution in [0.25, 0.3) is 0 Å². The highest BCUT2D eigenvalue weighted by Gasteiger charge is 2.17. The van der Waals surface area contributed by atoms with Crippen LogP contribution in [-0.4, -0.2) is 48.9 Å². The molecule has 0 saturated carbocycles. The first-order valence-electron chi connectivity index (χ1n) is 10.6. The number of ether oxygens (including phenoxy) is 1. The summed E-state index contributed by atoms with van der Waals surface area (Å²) >= 11 is 0. The first kappa shape index (κ1) is 22.9. The van der Waals surface area contributed by atoms with E-state index in [2.05, 4.69) is 26.1 Å². The van der Waals surface area contributed by atoms with E-state index in [1.54, 1.807) is 17.0 Å². The first-order chi connectivity index (χ1) is 13.8. The maximum Gasteiger partial charge on any atom is 0.308 e. The van der Waals surface area contributed by atoms with Crippen LogP contribution in [0.1, 0.15) is 75.2 Å². The molecule has 0 atom stereocenters. The summed E-state index contributed by atoms with van der Waals surface area (Å²) in [5.41, 5.74) is 1.74. The van der Waals surface area contributed by atoms with Crippen LogP contribution in [0.3, 0.4) is 0 Å². The largest absolute Gasteiger partial charge is 0.456 e. The third-order valence-corrected chi connectivity index (χ3v) is 5.19. The second kappa shape index (κ2) is 11.0. The Labute approximate surface area is 174 Å². The number of hydrogen-bond donors (Lipinski definition) is 1. The van der Waals surface area contributed by atoms with E-state index < -0.39 is 5.97 Å². The number of rotatable bonds is 6. The van der Waals surface area contributed by atoms with Crippen molar-refractivity contribution in [2.75, 3.05) is 26.2 Å². The number of hydrogen-bond acceptors (Lipinski definition) is 4. The van der Waals surface area contributed by atoms with Gasteiger partial charge in [0.2, 0.25) is 0 Å². The molecule has 2 rings (SSSR count). The van der Waals surface area contributed by atoms with Crippen molar-refractivity contribution >= 4 is 17.8 Å². The summed E-state index contributed by atoms with van der Waals surface area (Å²) in [6.45, 7) is 7.78. The predicted molar refractivity (Wildman–Crippen MR) is 113 cm³/mol. The summed E-state index contributed by atoms with van der Waals surface area (Å²) in [5.74, 6) is -0.841. The minimum absolute atomic E-state index is 0.0305. The molecular weight excluding hydrogens is 368 g/mol. The van der Waals surface area contributed by atoms with Crippen LogP contribution in [0.2, 0.25) is 0 Å². The summed E-state index contributed by atoms with van der Waals surface area (Å²) in [4.78, 5) is 38.1. The standard InChI is InChI=1S/C23H34N2O4/c1-23(2,3)19-11-9-18(10-12-19)22(28)24-14-13-21(27)29-17-20(26)25-15-7-5-4-6-8-16-25/h9-12H,4-8,13-17H2,1-3H3,(H,24,28). The van der Waals surface area contributed by atoms with Crippen molar-refractivity contribution in [2.24, 2.45) is 0 Å². The van der Waals surface area contributed by atoms with E-state index in [4.69, 9.17) is 4.74 Å². The number of carbonyl (C=O) groups is 3. The van der Waals surface area contributed by atoms with Gasteiger partial charge in [-0.1, -0.05) is 52.2 Å². The SMILES string of the molecule is CC(C)(C)c1ccc(C(=O)NCCC(=O)OCC(=O)N2CCCCCCC2)cc1. The molecule has 1 saturated heterocycles. The van der Waals surface area contributed by atoms with Gasteiger partial charge in [-0.15, -0.1) is 0 Å². The van der Waals surface area contributed by atoms with Gasteiger partial charge >= 0.3 is 5.97 Å². The van der Waals surface area contributed by atoms with Gasteiger partial charge in [0.15, 0.2) is 6.61 Å². The van der Waals surface area contributed by atoms with Gasteiger partial charge in [-0.05, 0) is 36.0 Å². The third-order valence-electron chi connectivity index (χ3n) is 5.19. The molecule has 0 spiro atoms. The number of nitrogens with zero attached hydrogens (tertiary/aromatic N) is 1. The Bertz CT molecular complexity index is 684. The van der Waals surface area contributed by atoms with Gasteiger partial charge in [0.1, 0.15) is 0 Å². The quantitative estimate of drug-likeness (QED) is 0.740. The Morgan fingerprint density at radius 1 is 0.966 bits per heavy atom. The first-order valence-corrected chi connectivity index (χ1v) is 10.6. The van der Waals surface area contributed by atoms with Crippen LogP contribution in [0.15, 0.2) is 24.3 Å². The topological polar surface area (TPSA) is 75.7 Å². The average Bonchev–Trinajstić information content (AvgIpc) is 2.65. The minimum atomic E-state index is -0.478. The van der Waals surface area contributed by atoms with Crippen molar-refractivity contribution in [1.82, 2.24) is 10.2 Å². The molecule has 1 aliphatic rings. The van der Waals surface area contributed by atoms with E-state index in [0.29, 0.717) is 5.56 Å². The average molecular weight is 403 g/mol. The number of likely N-dealkylation sites (tertiary alicyclic amines) is 1. The van der Waals surface area contributed by atoms with Crippen LogP contribution < -0.4 is 5.32 Å². The summed E-state index contributed by atoms with van der Waals surface area (Å²) < 4.78 is 5.09. The Kier molecular flexibility index (Phi) is 8.68. The molecule has 1 heterocycles. The summed E-state index contributed by atoms with van der Waals surface area (Å²) in [6, 6.07) is 7.46. The zero-order valence-electron chi connectivity index (χ0n) is 18.0. The molecule has 0 unspecified atom stereocenters. The van der Waals surface area contributed by atoms with Crippen molar-refractivity contribution in [2.45, 2.75) is 64.7 Å². The predicted octanol–water partition coefficient (Wildman–Crippen LogP) is 3.44. The Morgan fingerprint density at radius 3 is 2.14 bits per heavy atom. The van der Waals surface area contributed by atoms with Gasteiger partial charge < -0.3 is 15.0 Å². The lowest BCUT2D eigenvalue weighted by atomic mass is 9.87. The van der Waals surface area contributed by atoms with Crippen molar-refractivity contribution in [3.8, 4) is 0 Å². The smallest absolute Gasteiger partial charge is 0.308 e.